The van der Waals surface area contributed by atoms with Gasteiger partial charge in [0.15, 0.2) is 15.0 Å². The number of nitrogens with one attached hydrogen (secondary N) is 2. The molecule has 8 nitrogen and oxygen atoms in total. The molecule has 0 saturated carbocycles. The number of hydrogen-bond donors (Lipinski definition) is 2. The van der Waals surface area contributed by atoms with Gasteiger partial charge in [-0.15, -0.1) is 0 Å². The highest BCUT2D eigenvalue weighted by Crippen LogP contribution is 2.36. The molecular formula is C19H15ClF3N3O5S2. The van der Waals surface area contributed by atoms with Crippen LogP contribution in [0.2, 0.25) is 5.02 Å². The number of nitrogens with zero attached hydrogens (tertiary/aromatic N) is 1. The van der Waals surface area contributed by atoms with Gasteiger partial charge in [-0.1, -0.05) is 29.0 Å². The lowest BCUT2D eigenvalue weighted by Gasteiger charge is -2.34. The molecule has 2 N–H and O–H groups in total. The third kappa shape index (κ3) is 5.04. The van der Waals surface area contributed by atoms with Crippen molar-refractivity contribution in [2.75, 3.05) is 18.7 Å². The van der Waals surface area contributed by atoms with Gasteiger partial charge in [-0.3, -0.25) is 4.79 Å². The number of aromatic nitrogens is 1. The van der Waals surface area contributed by atoms with Gasteiger partial charge in [-0.05, 0) is 36.4 Å². The van der Waals surface area contributed by atoms with Gasteiger partial charge in [-0.2, -0.15) is 13.2 Å². The summed E-state index contributed by atoms with van der Waals surface area (Å²) in [7, 11) is -2.85. The minimum absolute atomic E-state index is 0.0606. The summed E-state index contributed by atoms with van der Waals surface area (Å²) < 4.78 is 70.8. The van der Waals surface area contributed by atoms with Crippen molar-refractivity contribution in [3.05, 3.63) is 53.1 Å². The summed E-state index contributed by atoms with van der Waals surface area (Å²) in [6, 6.07) is 8.91. The second-order valence-corrected chi connectivity index (χ2v) is 10.2. The van der Waals surface area contributed by atoms with Gasteiger partial charge < -0.3 is 15.4 Å². The molecule has 33 heavy (non-hydrogen) atoms. The summed E-state index contributed by atoms with van der Waals surface area (Å²) in [5, 5.41) is 3.28. The number of thiazole rings is 1. The van der Waals surface area contributed by atoms with Crippen molar-refractivity contribution in [1.82, 2.24) is 10.3 Å². The number of methoxy groups -OCH3 is 1. The SMILES string of the molecule is COC(=O)[C@@](NC(=O)c1cccc(Cl)c1)(Nc1nc2ccc(S(C)(=O)=O)cc2s1)C(F)(F)F. The summed E-state index contributed by atoms with van der Waals surface area (Å²) in [5.41, 5.74) is -3.75. The van der Waals surface area contributed by atoms with E-state index in [4.69, 9.17) is 11.6 Å². The van der Waals surface area contributed by atoms with E-state index < -0.39 is 38.7 Å². The van der Waals surface area contributed by atoms with Crippen molar-refractivity contribution in [2.24, 2.45) is 0 Å². The van der Waals surface area contributed by atoms with E-state index >= 15 is 0 Å². The molecular weight excluding hydrogens is 507 g/mol. The van der Waals surface area contributed by atoms with E-state index in [-0.39, 0.29) is 25.7 Å². The predicted octanol–water partition coefficient (Wildman–Crippen LogP) is 3.63. The van der Waals surface area contributed by atoms with Crippen LogP contribution in [0.3, 0.4) is 0 Å². The minimum atomic E-state index is -5.37. The molecule has 0 bridgehead atoms. The lowest BCUT2D eigenvalue weighted by molar-refractivity contribution is -0.203. The van der Waals surface area contributed by atoms with E-state index in [1.165, 1.54) is 36.4 Å². The summed E-state index contributed by atoms with van der Waals surface area (Å²) in [5.74, 6) is -3.10. The van der Waals surface area contributed by atoms with E-state index in [2.05, 4.69) is 9.72 Å². The van der Waals surface area contributed by atoms with Gasteiger partial charge in [0.05, 0.1) is 22.2 Å². The molecule has 2 aromatic carbocycles. The molecule has 0 fully saturated rings. The van der Waals surface area contributed by atoms with Crippen LogP contribution < -0.4 is 10.6 Å². The summed E-state index contributed by atoms with van der Waals surface area (Å²) in [6.07, 6.45) is -4.39. The van der Waals surface area contributed by atoms with Crippen LogP contribution in [-0.4, -0.2) is 50.5 Å². The molecule has 0 radical (unpaired) electrons. The maximum Gasteiger partial charge on any atom is 0.442 e. The number of halogens is 4. The number of carbonyl (C=O) groups is 2. The van der Waals surface area contributed by atoms with Crippen LogP contribution in [0.1, 0.15) is 10.4 Å². The second kappa shape index (κ2) is 8.80. The Kier molecular flexibility index (Phi) is 6.60. The number of benzene rings is 2. The minimum Gasteiger partial charge on any atom is -0.466 e. The summed E-state index contributed by atoms with van der Waals surface area (Å²) >= 11 is 6.46. The van der Waals surface area contributed by atoms with Crippen molar-refractivity contribution in [1.29, 1.82) is 0 Å². The lowest BCUT2D eigenvalue weighted by atomic mass is 10.1. The fourth-order valence-corrected chi connectivity index (χ4v) is 4.64. The Bertz CT molecular complexity index is 1340. The second-order valence-electron chi connectivity index (χ2n) is 6.75. The molecule has 1 aromatic heterocycles. The molecule has 3 aromatic rings. The van der Waals surface area contributed by atoms with Crippen molar-refractivity contribution in [3.8, 4) is 0 Å². The first-order valence-corrected chi connectivity index (χ1v) is 12.0. The normalized spacial score (nSPS) is 13.9. The van der Waals surface area contributed by atoms with Gasteiger partial charge in [-0.25, -0.2) is 18.2 Å². The van der Waals surface area contributed by atoms with Crippen molar-refractivity contribution in [2.45, 2.75) is 16.7 Å². The number of alkyl halides is 3. The molecule has 3 rings (SSSR count). The van der Waals surface area contributed by atoms with Crippen LogP contribution in [0.15, 0.2) is 47.4 Å². The molecule has 0 aliphatic carbocycles. The molecule has 176 valence electrons. The van der Waals surface area contributed by atoms with Crippen molar-refractivity contribution < 1.29 is 35.9 Å². The highest BCUT2D eigenvalue weighted by atomic mass is 35.5. The first kappa shape index (κ1) is 24.7. The van der Waals surface area contributed by atoms with Crippen LogP contribution in [0, 0.1) is 0 Å². The Morgan fingerprint density at radius 1 is 1.15 bits per heavy atom. The first-order chi connectivity index (χ1) is 15.3. The maximum absolute atomic E-state index is 14.2. The Hall–Kier alpha value is -2.90. The zero-order valence-corrected chi connectivity index (χ0v) is 19.2. The zero-order valence-electron chi connectivity index (χ0n) is 16.9. The molecule has 14 heteroatoms. The van der Waals surface area contributed by atoms with Crippen molar-refractivity contribution in [3.63, 3.8) is 0 Å². The average molecular weight is 522 g/mol. The number of hydrogen-bond acceptors (Lipinski definition) is 8. The summed E-state index contributed by atoms with van der Waals surface area (Å²) in [4.78, 5) is 28.9. The Morgan fingerprint density at radius 2 is 1.85 bits per heavy atom. The Balaban J connectivity index is 2.08. The molecule has 1 heterocycles. The number of sulfone groups is 1. The highest BCUT2D eigenvalue weighted by Gasteiger charge is 2.64. The fourth-order valence-electron chi connectivity index (χ4n) is 2.77. The van der Waals surface area contributed by atoms with Gasteiger partial charge >= 0.3 is 17.8 Å². The number of amides is 1. The number of anilines is 1. The molecule has 0 aliphatic rings. The highest BCUT2D eigenvalue weighted by molar-refractivity contribution is 7.90. The number of carbonyl (C=O) groups excluding carboxylic acids is 2. The predicted molar refractivity (Wildman–Crippen MR) is 116 cm³/mol. The lowest BCUT2D eigenvalue weighted by Crippen LogP contribution is -2.69. The topological polar surface area (TPSA) is 114 Å². The van der Waals surface area contributed by atoms with E-state index in [0.29, 0.717) is 11.3 Å². The zero-order chi connectivity index (χ0) is 24.6. The molecule has 0 unspecified atom stereocenters. The van der Waals surface area contributed by atoms with E-state index in [1.54, 1.807) is 5.32 Å². The van der Waals surface area contributed by atoms with Crippen LogP contribution in [0.25, 0.3) is 10.2 Å². The van der Waals surface area contributed by atoms with Gasteiger partial charge in [0.1, 0.15) is 0 Å². The standard InChI is InChI=1S/C19H15ClF3N3O5S2/c1-31-16(28)18(19(21,22)23,25-15(27)10-4-3-5-11(20)8-10)26-17-24-13-7-6-12(33(2,29)30)9-14(13)32-17/h3-9H,1-2H3,(H,24,26)(H,25,27)/t18-/m1/s1. The van der Waals surface area contributed by atoms with Gasteiger partial charge in [0.2, 0.25) is 0 Å². The van der Waals surface area contributed by atoms with Crippen LogP contribution in [0.4, 0.5) is 18.3 Å². The molecule has 1 atom stereocenters. The van der Waals surface area contributed by atoms with Crippen LogP contribution in [-0.2, 0) is 19.4 Å². The molecule has 0 saturated heterocycles. The molecule has 0 aliphatic heterocycles. The third-order valence-corrected chi connectivity index (χ3v) is 6.67. The number of rotatable bonds is 6. The quantitative estimate of drug-likeness (QED) is 0.376. The Morgan fingerprint density at radius 3 is 2.42 bits per heavy atom. The molecule has 1 amide bonds. The number of esters is 1. The monoisotopic (exact) mass is 521 g/mol. The van der Waals surface area contributed by atoms with Crippen LogP contribution >= 0.6 is 22.9 Å². The first-order valence-electron chi connectivity index (χ1n) is 8.89. The smallest absolute Gasteiger partial charge is 0.442 e. The largest absolute Gasteiger partial charge is 0.466 e. The average Bonchev–Trinajstić information content (AvgIpc) is 3.12. The van der Waals surface area contributed by atoms with E-state index in [9.17, 15) is 31.2 Å². The fraction of sp³-hybridized carbons (Fsp3) is 0.211. The van der Waals surface area contributed by atoms with Crippen molar-refractivity contribution >= 4 is 60.0 Å². The number of ether oxygens (including phenoxy) is 1. The Labute approximate surface area is 194 Å². The summed E-state index contributed by atoms with van der Waals surface area (Å²) in [6.45, 7) is 0. The van der Waals surface area contributed by atoms with Gasteiger partial charge in [0.25, 0.3) is 5.91 Å². The van der Waals surface area contributed by atoms with Gasteiger partial charge in [0, 0.05) is 16.8 Å². The van der Waals surface area contributed by atoms with E-state index in [0.717, 1.165) is 19.4 Å². The third-order valence-electron chi connectivity index (χ3n) is 4.39. The molecule has 0 spiro atoms. The maximum atomic E-state index is 14.2. The van der Waals surface area contributed by atoms with Crippen LogP contribution in [0.5, 0.6) is 0 Å². The number of fused-ring (bicyclic) bond motifs is 1. The van der Waals surface area contributed by atoms with E-state index in [1.807, 2.05) is 5.32 Å².